The van der Waals surface area contributed by atoms with Crippen LogP contribution < -0.4 is 0 Å². The Kier molecular flexibility index (Phi) is 3.24. The van der Waals surface area contributed by atoms with Crippen molar-refractivity contribution in [3.63, 3.8) is 0 Å². The molecule has 6 fully saturated rings. The molecule has 0 saturated heterocycles. The van der Waals surface area contributed by atoms with E-state index in [4.69, 9.17) is 0 Å². The standard InChI is InChI=1S/C17H23N5O10Si/c1-7(2)33(8(3)4,9(5)6)17-13(19(25)26)10-12(18(23)24)11(13)15(17,21(29)30)16(12,22(31)32)14(10,17)20(27)28/h7-11H,1-6H3. The van der Waals surface area contributed by atoms with E-state index < -0.39 is 93.9 Å². The third kappa shape index (κ3) is 1.04. The van der Waals surface area contributed by atoms with Gasteiger partial charge in [-0.1, -0.05) is 41.5 Å². The second kappa shape index (κ2) is 4.86. The largest absolute Gasteiger partial charge is 0.430 e. The molecule has 0 aromatic carbocycles. The van der Waals surface area contributed by atoms with Crippen LogP contribution >= 0.6 is 0 Å². The fraction of sp³-hybridized carbons (Fsp3) is 1.00. The maximum absolute atomic E-state index is 12.8. The van der Waals surface area contributed by atoms with Gasteiger partial charge in [-0.15, -0.1) is 0 Å². The topological polar surface area (TPSA) is 216 Å². The Morgan fingerprint density at radius 2 is 0.909 bits per heavy atom. The molecule has 4 unspecified atom stereocenters. The molecule has 4 atom stereocenters. The Labute approximate surface area is 186 Å². The molecule has 0 aromatic rings. The third-order valence-electron chi connectivity index (χ3n) is 11.0. The van der Waals surface area contributed by atoms with E-state index in [9.17, 15) is 50.6 Å². The van der Waals surface area contributed by atoms with Crippen LogP contribution in [0.4, 0.5) is 0 Å². The number of nitrogens with zero attached hydrogens (tertiary/aromatic N) is 5. The van der Waals surface area contributed by atoms with Crippen molar-refractivity contribution in [2.24, 2.45) is 11.8 Å². The highest BCUT2D eigenvalue weighted by Crippen LogP contribution is 3.19. The van der Waals surface area contributed by atoms with Crippen LogP contribution in [0.5, 0.6) is 0 Å². The summed E-state index contributed by atoms with van der Waals surface area (Å²) in [5.74, 6) is -3.67. The van der Waals surface area contributed by atoms with Crippen molar-refractivity contribution < 1.29 is 24.6 Å². The zero-order chi connectivity index (χ0) is 25.3. The maximum Gasteiger partial charge on any atom is 0.430 e. The summed E-state index contributed by atoms with van der Waals surface area (Å²) in [5, 5.41) is 60.7. The SMILES string of the molecule is CC(C)[Si](C(C)C)(C(C)C)C12C3([N+](=O)[O-])C4C5([N+](=O)[O-])C3C1([N+](=O)[O-])C5([N+](=O)[O-])C42[N+](=O)[O-]. The first-order valence-corrected chi connectivity index (χ1v) is 13.0. The van der Waals surface area contributed by atoms with Gasteiger partial charge >= 0.3 is 22.2 Å². The number of hydrogen-bond acceptors (Lipinski definition) is 10. The van der Waals surface area contributed by atoms with Crippen molar-refractivity contribution >= 4 is 8.07 Å². The summed E-state index contributed by atoms with van der Waals surface area (Å²) in [6.45, 7) is 10.3. The van der Waals surface area contributed by atoms with Gasteiger partial charge in [0.15, 0.2) is 16.9 Å². The molecule has 16 heteroatoms. The fourth-order valence-corrected chi connectivity index (χ4v) is 21.9. The summed E-state index contributed by atoms with van der Waals surface area (Å²) >= 11 is 0. The van der Waals surface area contributed by atoms with Crippen LogP contribution in [0.15, 0.2) is 0 Å². The summed E-state index contributed by atoms with van der Waals surface area (Å²) in [6, 6.07) is 0. The molecule has 0 heterocycles. The van der Waals surface area contributed by atoms with Crippen LogP contribution in [0.25, 0.3) is 0 Å². The predicted octanol–water partition coefficient (Wildman–Crippen LogP) is 1.78. The average molecular weight is 485 g/mol. The molecule has 0 bridgehead atoms. The van der Waals surface area contributed by atoms with E-state index in [1.807, 2.05) is 0 Å². The monoisotopic (exact) mass is 485 g/mol. The van der Waals surface area contributed by atoms with E-state index >= 15 is 0 Å². The lowest BCUT2D eigenvalue weighted by molar-refractivity contribution is -1.05. The maximum atomic E-state index is 12.8. The lowest BCUT2D eigenvalue weighted by atomic mass is 8.88. The molecule has 0 amide bonds. The van der Waals surface area contributed by atoms with Gasteiger partial charge in [0.2, 0.25) is 0 Å². The van der Waals surface area contributed by atoms with Gasteiger partial charge in [-0.3, -0.25) is 50.6 Å². The van der Waals surface area contributed by atoms with Gasteiger partial charge in [-0.2, -0.15) is 0 Å². The second-order valence-corrected chi connectivity index (χ2v) is 17.3. The molecular formula is C17H23N5O10Si. The first-order chi connectivity index (χ1) is 15.0. The van der Waals surface area contributed by atoms with Crippen LogP contribution in [-0.2, 0) is 0 Å². The normalized spacial score (nSPS) is 49.2. The summed E-state index contributed by atoms with van der Waals surface area (Å²) in [4.78, 5) is 57.9. The highest BCUT2D eigenvalue weighted by atomic mass is 28.3. The minimum absolute atomic E-state index is 0.441. The smallest absolute Gasteiger partial charge is 0.264 e. The second-order valence-electron chi connectivity index (χ2n) is 11.2. The molecule has 180 valence electrons. The lowest BCUT2D eigenvalue weighted by Gasteiger charge is -3.04. The Hall–Kier alpha value is -2.78. The first-order valence-electron chi connectivity index (χ1n) is 10.8. The van der Waals surface area contributed by atoms with Crippen LogP contribution in [-0.4, -0.2) is 60.4 Å². The molecule has 33 heavy (non-hydrogen) atoms. The molecule has 6 rings (SSSR count). The van der Waals surface area contributed by atoms with Crippen molar-refractivity contribution in [2.75, 3.05) is 0 Å². The molecule has 0 N–H and O–H groups in total. The Morgan fingerprint density at radius 1 is 0.576 bits per heavy atom. The van der Waals surface area contributed by atoms with E-state index in [1.165, 1.54) is 0 Å². The van der Waals surface area contributed by atoms with Gasteiger partial charge in [-0.05, 0) is 16.6 Å². The summed E-state index contributed by atoms with van der Waals surface area (Å²) in [7, 11) is -3.57. The van der Waals surface area contributed by atoms with Crippen molar-refractivity contribution in [3.8, 4) is 0 Å². The zero-order valence-electron chi connectivity index (χ0n) is 18.7. The van der Waals surface area contributed by atoms with Gasteiger partial charge in [-0.25, -0.2) is 0 Å². The van der Waals surface area contributed by atoms with E-state index in [2.05, 4.69) is 0 Å². The van der Waals surface area contributed by atoms with Gasteiger partial charge in [0.1, 0.15) is 0 Å². The molecule has 0 aliphatic heterocycles. The van der Waals surface area contributed by atoms with Gasteiger partial charge < -0.3 is 0 Å². The highest BCUT2D eigenvalue weighted by molar-refractivity contribution is 6.88. The first kappa shape index (κ1) is 22.0. The third-order valence-corrected chi connectivity index (χ3v) is 19.2. The van der Waals surface area contributed by atoms with Gasteiger partial charge in [0, 0.05) is 24.6 Å². The van der Waals surface area contributed by atoms with E-state index in [0.29, 0.717) is 0 Å². The molecule has 0 aromatic heterocycles. The molecule has 6 aliphatic rings. The van der Waals surface area contributed by atoms with Crippen molar-refractivity contribution in [3.05, 3.63) is 50.6 Å². The fourth-order valence-electron chi connectivity index (χ4n) is 12.0. The van der Waals surface area contributed by atoms with Gasteiger partial charge in [0.05, 0.1) is 8.07 Å². The molecule has 15 nitrogen and oxygen atoms in total. The predicted molar refractivity (Wildman–Crippen MR) is 109 cm³/mol. The van der Waals surface area contributed by atoms with E-state index in [1.54, 1.807) is 41.5 Å². The molecule has 6 aliphatic carbocycles. The molecule has 0 spiro atoms. The van der Waals surface area contributed by atoms with Crippen LogP contribution in [0.3, 0.4) is 0 Å². The Morgan fingerprint density at radius 3 is 1.12 bits per heavy atom. The molecule has 6 saturated carbocycles. The molecular weight excluding hydrogens is 462 g/mol. The minimum atomic E-state index is -3.57. The Balaban J connectivity index is 2.01. The Bertz CT molecular complexity index is 1080. The average Bonchev–Trinajstić information content (AvgIpc) is 2.64. The van der Waals surface area contributed by atoms with Gasteiger partial charge in [0.25, 0.3) is 5.54 Å². The molecule has 0 radical (unpaired) electrons. The van der Waals surface area contributed by atoms with E-state index in [-0.39, 0.29) is 0 Å². The zero-order valence-corrected chi connectivity index (χ0v) is 19.7. The van der Waals surface area contributed by atoms with Crippen LogP contribution in [0.1, 0.15) is 41.5 Å². The summed E-state index contributed by atoms with van der Waals surface area (Å²) < 4.78 is 0. The summed E-state index contributed by atoms with van der Waals surface area (Å²) in [6.07, 6.45) is 0. The number of rotatable bonds is 9. The lowest BCUT2D eigenvalue weighted by Crippen LogP contribution is -3.41. The number of nitro groups is 5. The van der Waals surface area contributed by atoms with Crippen molar-refractivity contribution in [1.29, 1.82) is 0 Å². The van der Waals surface area contributed by atoms with Crippen molar-refractivity contribution in [1.82, 2.24) is 0 Å². The van der Waals surface area contributed by atoms with Crippen LogP contribution in [0.2, 0.25) is 21.7 Å². The minimum Gasteiger partial charge on any atom is -0.264 e. The quantitative estimate of drug-likeness (QED) is 0.262. The highest BCUT2D eigenvalue weighted by Gasteiger charge is 3.56. The van der Waals surface area contributed by atoms with Crippen LogP contribution in [0, 0.1) is 62.4 Å². The summed E-state index contributed by atoms with van der Waals surface area (Å²) in [5.41, 5.74) is -14.7. The number of hydrogen-bond donors (Lipinski definition) is 0. The van der Waals surface area contributed by atoms with Crippen molar-refractivity contribution in [2.45, 2.75) is 90.9 Å². The van der Waals surface area contributed by atoms with E-state index in [0.717, 1.165) is 0 Å².